The van der Waals surface area contributed by atoms with Crippen molar-refractivity contribution in [2.24, 2.45) is 0 Å². The van der Waals surface area contributed by atoms with Gasteiger partial charge in [0.1, 0.15) is 17.7 Å². The summed E-state index contributed by atoms with van der Waals surface area (Å²) < 4.78 is 13.8. The van der Waals surface area contributed by atoms with Gasteiger partial charge in [-0.3, -0.25) is 4.79 Å². The maximum Gasteiger partial charge on any atom is 0.315 e. The summed E-state index contributed by atoms with van der Waals surface area (Å²) in [6.45, 7) is 2.35. The lowest BCUT2D eigenvalue weighted by Gasteiger charge is -2.18. The first-order chi connectivity index (χ1) is 12.0. The van der Waals surface area contributed by atoms with Crippen LogP contribution in [-0.2, 0) is 11.3 Å². The maximum atomic E-state index is 13.8. The highest BCUT2D eigenvalue weighted by atomic mass is 19.1. The molecule has 3 amide bonds. The van der Waals surface area contributed by atoms with Crippen molar-refractivity contribution < 1.29 is 14.0 Å². The Labute approximate surface area is 144 Å². The first-order valence-corrected chi connectivity index (χ1v) is 7.93. The number of benzene rings is 1. The van der Waals surface area contributed by atoms with Gasteiger partial charge in [0.2, 0.25) is 5.91 Å². The quantitative estimate of drug-likeness (QED) is 0.881. The lowest BCUT2D eigenvalue weighted by molar-refractivity contribution is -0.118. The van der Waals surface area contributed by atoms with Gasteiger partial charge in [-0.25, -0.2) is 19.2 Å². The molecule has 0 saturated carbocycles. The molecule has 0 radical (unpaired) electrons. The van der Waals surface area contributed by atoms with Crippen LogP contribution in [0.15, 0.2) is 36.5 Å². The molecule has 0 aliphatic carbocycles. The minimum atomic E-state index is -0.674. The number of aromatic nitrogens is 2. The summed E-state index contributed by atoms with van der Waals surface area (Å²) in [4.78, 5) is 33.9. The third kappa shape index (κ3) is 3.90. The Morgan fingerprint density at radius 3 is 2.92 bits per heavy atom. The van der Waals surface area contributed by atoms with Gasteiger partial charge in [-0.05, 0) is 31.5 Å². The Hall–Kier alpha value is -3.03. The third-order valence-electron chi connectivity index (χ3n) is 3.92. The number of carbonyl (C=O) groups is 2. The van der Waals surface area contributed by atoms with Crippen molar-refractivity contribution in [1.29, 1.82) is 0 Å². The van der Waals surface area contributed by atoms with Gasteiger partial charge in [0.25, 0.3) is 0 Å². The van der Waals surface area contributed by atoms with Crippen LogP contribution in [-0.4, -0.2) is 34.5 Å². The Morgan fingerprint density at radius 1 is 1.36 bits per heavy atom. The summed E-state index contributed by atoms with van der Waals surface area (Å²) in [5.74, 6) is -0.163. The number of carbonyl (C=O) groups excluding carboxylic acids is 2. The zero-order valence-electron chi connectivity index (χ0n) is 13.7. The van der Waals surface area contributed by atoms with Gasteiger partial charge in [-0.2, -0.15) is 0 Å². The highest BCUT2D eigenvalue weighted by Gasteiger charge is 2.34. The largest absolute Gasteiger partial charge is 0.332 e. The summed E-state index contributed by atoms with van der Waals surface area (Å²) in [5.41, 5.74) is 0.905. The van der Waals surface area contributed by atoms with E-state index in [1.54, 1.807) is 37.4 Å². The first-order valence-electron chi connectivity index (χ1n) is 7.93. The summed E-state index contributed by atoms with van der Waals surface area (Å²) in [7, 11) is 0. The van der Waals surface area contributed by atoms with Crippen LogP contribution in [0.2, 0.25) is 0 Å². The SMILES string of the molecule is Cc1nccc(CNC(=O)N[C@@H]2CCN(c3ccccc3F)C2=O)n1. The molecular formula is C17H18FN5O2. The number of rotatable bonds is 4. The highest BCUT2D eigenvalue weighted by Crippen LogP contribution is 2.24. The predicted molar refractivity (Wildman–Crippen MR) is 89.3 cm³/mol. The van der Waals surface area contributed by atoms with E-state index in [0.29, 0.717) is 24.5 Å². The molecule has 1 aromatic heterocycles. The Balaban J connectivity index is 1.56. The molecule has 130 valence electrons. The molecule has 1 atom stereocenters. The Bertz CT molecular complexity index is 798. The minimum Gasteiger partial charge on any atom is -0.332 e. The van der Waals surface area contributed by atoms with Gasteiger partial charge in [0, 0.05) is 12.7 Å². The standard InChI is InChI=1S/C17H18FN5O2/c1-11-19-8-6-12(21-11)10-20-17(25)22-14-7-9-23(16(14)24)15-5-3-2-4-13(15)18/h2-6,8,14H,7,9-10H2,1H3,(H2,20,22,25)/t14-/m1/s1. The van der Waals surface area contributed by atoms with Crippen molar-refractivity contribution in [3.63, 3.8) is 0 Å². The summed E-state index contributed by atoms with van der Waals surface area (Å²) >= 11 is 0. The topological polar surface area (TPSA) is 87.2 Å². The van der Waals surface area contributed by atoms with E-state index in [0.717, 1.165) is 0 Å². The van der Waals surface area contributed by atoms with Crippen LogP contribution >= 0.6 is 0 Å². The highest BCUT2D eigenvalue weighted by molar-refractivity contribution is 6.01. The molecule has 8 heteroatoms. The van der Waals surface area contributed by atoms with Crippen molar-refractivity contribution in [3.8, 4) is 0 Å². The predicted octanol–water partition coefficient (Wildman–Crippen LogP) is 1.53. The molecule has 1 saturated heterocycles. The van der Waals surface area contributed by atoms with Crippen molar-refractivity contribution in [2.45, 2.75) is 25.9 Å². The fourth-order valence-electron chi connectivity index (χ4n) is 2.71. The monoisotopic (exact) mass is 343 g/mol. The van der Waals surface area contributed by atoms with Crippen LogP contribution in [0.4, 0.5) is 14.9 Å². The number of urea groups is 1. The molecule has 1 aromatic carbocycles. The van der Waals surface area contributed by atoms with Gasteiger partial charge >= 0.3 is 6.03 Å². The van der Waals surface area contributed by atoms with Gasteiger partial charge in [-0.15, -0.1) is 0 Å². The molecule has 0 unspecified atom stereocenters. The van der Waals surface area contributed by atoms with E-state index in [1.165, 1.54) is 11.0 Å². The zero-order chi connectivity index (χ0) is 17.8. The van der Waals surface area contributed by atoms with Crippen LogP contribution < -0.4 is 15.5 Å². The van der Waals surface area contributed by atoms with Crippen molar-refractivity contribution in [2.75, 3.05) is 11.4 Å². The Morgan fingerprint density at radius 2 is 2.16 bits per heavy atom. The van der Waals surface area contributed by atoms with E-state index >= 15 is 0 Å². The number of nitrogens with one attached hydrogen (secondary N) is 2. The van der Waals surface area contributed by atoms with Crippen LogP contribution in [0.25, 0.3) is 0 Å². The molecule has 0 spiro atoms. The van der Waals surface area contributed by atoms with Gasteiger partial charge in [0.15, 0.2) is 0 Å². The average molecular weight is 343 g/mol. The number of nitrogens with zero attached hydrogens (tertiary/aromatic N) is 3. The molecule has 1 fully saturated rings. The normalized spacial score (nSPS) is 16.8. The van der Waals surface area contributed by atoms with Crippen LogP contribution in [0, 0.1) is 12.7 Å². The number of anilines is 1. The molecular weight excluding hydrogens is 325 g/mol. The zero-order valence-corrected chi connectivity index (χ0v) is 13.7. The number of amides is 3. The number of hydrogen-bond donors (Lipinski definition) is 2. The van der Waals surface area contributed by atoms with E-state index in [4.69, 9.17) is 0 Å². The molecule has 1 aliphatic heterocycles. The van der Waals surface area contributed by atoms with Crippen molar-refractivity contribution >= 4 is 17.6 Å². The molecule has 25 heavy (non-hydrogen) atoms. The van der Waals surface area contributed by atoms with E-state index in [-0.39, 0.29) is 18.1 Å². The first kappa shape index (κ1) is 16.8. The second kappa shape index (κ2) is 7.25. The van der Waals surface area contributed by atoms with Gasteiger partial charge in [-0.1, -0.05) is 12.1 Å². The summed E-state index contributed by atoms with van der Waals surface area (Å²) in [5, 5.41) is 5.28. The van der Waals surface area contributed by atoms with E-state index < -0.39 is 17.9 Å². The smallest absolute Gasteiger partial charge is 0.315 e. The fourth-order valence-corrected chi connectivity index (χ4v) is 2.71. The second-order valence-corrected chi connectivity index (χ2v) is 5.70. The molecule has 2 heterocycles. The summed E-state index contributed by atoms with van der Waals surface area (Å²) in [6.07, 6.45) is 2.04. The number of halogens is 1. The van der Waals surface area contributed by atoms with Crippen LogP contribution in [0.1, 0.15) is 17.9 Å². The second-order valence-electron chi connectivity index (χ2n) is 5.70. The van der Waals surface area contributed by atoms with Crippen molar-refractivity contribution in [3.05, 3.63) is 53.9 Å². The van der Waals surface area contributed by atoms with E-state index in [9.17, 15) is 14.0 Å². The molecule has 7 nitrogen and oxygen atoms in total. The summed E-state index contributed by atoms with van der Waals surface area (Å²) in [6, 6.07) is 6.65. The Kier molecular flexibility index (Phi) is 4.87. The lowest BCUT2D eigenvalue weighted by Crippen LogP contribution is -2.46. The molecule has 2 aromatic rings. The van der Waals surface area contributed by atoms with Gasteiger partial charge in [0.05, 0.1) is 17.9 Å². The van der Waals surface area contributed by atoms with Gasteiger partial charge < -0.3 is 15.5 Å². The number of hydrogen-bond acceptors (Lipinski definition) is 4. The number of aryl methyl sites for hydroxylation is 1. The minimum absolute atomic E-state index is 0.229. The fraction of sp³-hybridized carbons (Fsp3) is 0.294. The molecule has 3 rings (SSSR count). The number of para-hydroxylation sites is 1. The lowest BCUT2D eigenvalue weighted by atomic mass is 10.2. The van der Waals surface area contributed by atoms with Crippen LogP contribution in [0.5, 0.6) is 0 Å². The van der Waals surface area contributed by atoms with Crippen LogP contribution in [0.3, 0.4) is 0 Å². The maximum absolute atomic E-state index is 13.8. The third-order valence-corrected chi connectivity index (χ3v) is 3.92. The molecule has 1 aliphatic rings. The van der Waals surface area contributed by atoms with E-state index in [2.05, 4.69) is 20.6 Å². The average Bonchev–Trinajstić information content (AvgIpc) is 2.94. The molecule has 2 N–H and O–H groups in total. The van der Waals surface area contributed by atoms with E-state index in [1.807, 2.05) is 0 Å². The molecule has 0 bridgehead atoms. The van der Waals surface area contributed by atoms with Crippen molar-refractivity contribution in [1.82, 2.24) is 20.6 Å².